The quantitative estimate of drug-likeness (QED) is 0.265. The van der Waals surface area contributed by atoms with Gasteiger partial charge in [-0.3, -0.25) is 9.59 Å². The largest absolute Gasteiger partial charge is 0.352 e. The van der Waals surface area contributed by atoms with Crippen LogP contribution in [-0.4, -0.2) is 34.6 Å². The van der Waals surface area contributed by atoms with E-state index in [4.69, 9.17) is 0 Å². The Balaban J connectivity index is 1.59. The van der Waals surface area contributed by atoms with E-state index in [0.29, 0.717) is 13.0 Å². The molecule has 4 nitrogen and oxygen atoms in total. The molecular formula is C31H35BrN2O2S. The van der Waals surface area contributed by atoms with E-state index in [-0.39, 0.29) is 23.6 Å². The monoisotopic (exact) mass is 578 g/mol. The Labute approximate surface area is 233 Å². The Hall–Kier alpha value is -2.57. The predicted molar refractivity (Wildman–Crippen MR) is 156 cm³/mol. The summed E-state index contributed by atoms with van der Waals surface area (Å²) in [5, 5.41) is 3.30. The summed E-state index contributed by atoms with van der Waals surface area (Å²) in [7, 11) is 0. The summed E-state index contributed by atoms with van der Waals surface area (Å²) < 4.78 is 0.986. The number of hydrogen-bond acceptors (Lipinski definition) is 3. The van der Waals surface area contributed by atoms with Crippen LogP contribution in [0.25, 0.3) is 0 Å². The van der Waals surface area contributed by atoms with Crippen molar-refractivity contribution in [3.8, 4) is 0 Å². The molecule has 194 valence electrons. The number of amides is 2. The zero-order chi connectivity index (χ0) is 26.0. The second-order valence-corrected chi connectivity index (χ2v) is 11.8. The lowest BCUT2D eigenvalue weighted by atomic mass is 9.94. The number of halogens is 1. The van der Waals surface area contributed by atoms with Crippen LogP contribution in [0, 0.1) is 6.92 Å². The van der Waals surface area contributed by atoms with Crippen molar-refractivity contribution >= 4 is 39.5 Å². The first-order valence-corrected chi connectivity index (χ1v) is 14.8. The number of rotatable bonds is 10. The fourth-order valence-corrected chi connectivity index (χ4v) is 5.80. The number of aryl methyl sites for hydroxylation is 1. The van der Waals surface area contributed by atoms with Crippen molar-refractivity contribution in [2.24, 2.45) is 0 Å². The second-order valence-electron chi connectivity index (χ2n) is 9.80. The minimum Gasteiger partial charge on any atom is -0.352 e. The van der Waals surface area contributed by atoms with Gasteiger partial charge < -0.3 is 10.2 Å². The van der Waals surface area contributed by atoms with Crippen LogP contribution in [0.3, 0.4) is 0 Å². The minimum absolute atomic E-state index is 0.0341. The SMILES string of the molecule is Cc1ccc(SCC(=O)N(Cc2ccc(Br)cc2)[C@H](Cc2ccccc2)C(=O)NC2CCCCC2)cc1. The first-order valence-electron chi connectivity index (χ1n) is 13.1. The Morgan fingerprint density at radius 3 is 2.27 bits per heavy atom. The van der Waals surface area contributed by atoms with Gasteiger partial charge in [-0.2, -0.15) is 0 Å². The molecule has 3 aromatic carbocycles. The van der Waals surface area contributed by atoms with Gasteiger partial charge in [-0.15, -0.1) is 11.8 Å². The lowest BCUT2D eigenvalue weighted by Crippen LogP contribution is -2.53. The maximum Gasteiger partial charge on any atom is 0.243 e. The number of hydrogen-bond donors (Lipinski definition) is 1. The van der Waals surface area contributed by atoms with E-state index in [2.05, 4.69) is 40.3 Å². The summed E-state index contributed by atoms with van der Waals surface area (Å²) in [5.74, 6) is 0.191. The fourth-order valence-electron chi connectivity index (χ4n) is 4.75. The Bertz CT molecular complexity index is 1150. The lowest BCUT2D eigenvalue weighted by molar-refractivity contribution is -0.139. The van der Waals surface area contributed by atoms with Crippen molar-refractivity contribution in [3.63, 3.8) is 0 Å². The predicted octanol–water partition coefficient (Wildman–Crippen LogP) is 6.94. The molecule has 0 heterocycles. The van der Waals surface area contributed by atoms with Crippen LogP contribution in [0.1, 0.15) is 48.8 Å². The Kier molecular flexibility index (Phi) is 10.3. The number of nitrogens with one attached hydrogen (secondary N) is 1. The molecule has 0 aliphatic heterocycles. The topological polar surface area (TPSA) is 49.4 Å². The molecule has 0 saturated heterocycles. The molecular weight excluding hydrogens is 544 g/mol. The van der Waals surface area contributed by atoms with Crippen LogP contribution in [0.5, 0.6) is 0 Å². The van der Waals surface area contributed by atoms with E-state index >= 15 is 0 Å². The van der Waals surface area contributed by atoms with Gasteiger partial charge in [0.05, 0.1) is 5.75 Å². The summed E-state index contributed by atoms with van der Waals surface area (Å²) >= 11 is 5.02. The van der Waals surface area contributed by atoms with E-state index in [9.17, 15) is 9.59 Å². The summed E-state index contributed by atoms with van der Waals surface area (Å²) in [6, 6.07) is 25.8. The van der Waals surface area contributed by atoms with Gasteiger partial charge in [0, 0.05) is 28.4 Å². The van der Waals surface area contributed by atoms with Crippen LogP contribution in [-0.2, 0) is 22.6 Å². The molecule has 0 radical (unpaired) electrons. The smallest absolute Gasteiger partial charge is 0.243 e. The first-order chi connectivity index (χ1) is 18.0. The molecule has 1 aliphatic carbocycles. The van der Waals surface area contributed by atoms with Gasteiger partial charge in [0.2, 0.25) is 11.8 Å². The zero-order valence-electron chi connectivity index (χ0n) is 21.4. The molecule has 4 rings (SSSR count). The number of carbonyl (C=O) groups is 2. The van der Waals surface area contributed by atoms with Crippen LogP contribution in [0.2, 0.25) is 0 Å². The summed E-state index contributed by atoms with van der Waals surface area (Å²) in [6.45, 7) is 2.44. The molecule has 0 aromatic heterocycles. The second kappa shape index (κ2) is 13.8. The molecule has 1 atom stereocenters. The van der Waals surface area contributed by atoms with Gasteiger partial charge in [0.1, 0.15) is 6.04 Å². The normalized spacial score (nSPS) is 14.6. The van der Waals surface area contributed by atoms with E-state index < -0.39 is 6.04 Å². The first kappa shape index (κ1) is 27.5. The molecule has 2 amide bonds. The Morgan fingerprint density at radius 2 is 1.59 bits per heavy atom. The number of carbonyl (C=O) groups excluding carboxylic acids is 2. The fraction of sp³-hybridized carbons (Fsp3) is 0.355. The van der Waals surface area contributed by atoms with Gasteiger partial charge in [-0.1, -0.05) is 95.4 Å². The van der Waals surface area contributed by atoms with E-state index in [1.165, 1.54) is 23.7 Å². The van der Waals surface area contributed by atoms with Crippen molar-refractivity contribution in [3.05, 3.63) is 100 Å². The molecule has 0 spiro atoms. The highest BCUT2D eigenvalue weighted by atomic mass is 79.9. The summed E-state index contributed by atoms with van der Waals surface area (Å²) in [4.78, 5) is 30.4. The molecule has 1 saturated carbocycles. The van der Waals surface area contributed by atoms with Crippen molar-refractivity contribution in [1.82, 2.24) is 10.2 Å². The molecule has 37 heavy (non-hydrogen) atoms. The van der Waals surface area contributed by atoms with Crippen LogP contribution >= 0.6 is 27.7 Å². The van der Waals surface area contributed by atoms with E-state index in [0.717, 1.165) is 46.2 Å². The number of nitrogens with zero attached hydrogens (tertiary/aromatic N) is 1. The maximum absolute atomic E-state index is 13.8. The molecule has 1 N–H and O–H groups in total. The highest BCUT2D eigenvalue weighted by molar-refractivity contribution is 9.10. The van der Waals surface area contributed by atoms with Gasteiger partial charge >= 0.3 is 0 Å². The zero-order valence-corrected chi connectivity index (χ0v) is 23.8. The molecule has 0 bridgehead atoms. The molecule has 1 aliphatic rings. The molecule has 1 fully saturated rings. The number of benzene rings is 3. The van der Waals surface area contributed by atoms with Gasteiger partial charge in [-0.05, 0) is 55.2 Å². The summed E-state index contributed by atoms with van der Waals surface area (Å²) in [6.07, 6.45) is 6.01. The average Bonchev–Trinajstić information content (AvgIpc) is 2.92. The number of thioether (sulfide) groups is 1. The van der Waals surface area contributed by atoms with Gasteiger partial charge in [0.15, 0.2) is 0 Å². The molecule has 0 unspecified atom stereocenters. The van der Waals surface area contributed by atoms with Crippen molar-refractivity contribution in [1.29, 1.82) is 0 Å². The third kappa shape index (κ3) is 8.47. The average molecular weight is 580 g/mol. The van der Waals surface area contributed by atoms with Crippen molar-refractivity contribution < 1.29 is 9.59 Å². The van der Waals surface area contributed by atoms with Crippen LogP contribution in [0.4, 0.5) is 0 Å². The highest BCUT2D eigenvalue weighted by Crippen LogP contribution is 2.23. The molecule has 6 heteroatoms. The van der Waals surface area contributed by atoms with Gasteiger partial charge in [0.25, 0.3) is 0 Å². The highest BCUT2D eigenvalue weighted by Gasteiger charge is 2.31. The Morgan fingerprint density at radius 1 is 0.919 bits per heavy atom. The molecule has 3 aromatic rings. The summed E-state index contributed by atoms with van der Waals surface area (Å²) in [5.41, 5.74) is 3.24. The third-order valence-corrected chi connectivity index (χ3v) is 8.40. The van der Waals surface area contributed by atoms with Gasteiger partial charge in [-0.25, -0.2) is 0 Å². The van der Waals surface area contributed by atoms with E-state index in [1.807, 2.05) is 66.7 Å². The lowest BCUT2D eigenvalue weighted by Gasteiger charge is -2.33. The van der Waals surface area contributed by atoms with Crippen molar-refractivity contribution in [2.75, 3.05) is 5.75 Å². The maximum atomic E-state index is 13.8. The van der Waals surface area contributed by atoms with E-state index in [1.54, 1.807) is 4.90 Å². The standard InChI is InChI=1S/C31H35BrN2O2S/c1-23-12-18-28(19-13-23)37-22-30(35)34(21-25-14-16-26(32)17-15-25)29(20-24-8-4-2-5-9-24)31(36)33-27-10-6-3-7-11-27/h2,4-5,8-9,12-19,27,29H,3,6-7,10-11,20-22H2,1H3,(H,33,36)/t29-/m1/s1. The van der Waals surface area contributed by atoms with Crippen LogP contribution in [0.15, 0.2) is 88.2 Å². The van der Waals surface area contributed by atoms with Crippen molar-refractivity contribution in [2.45, 2.75) is 69.0 Å². The minimum atomic E-state index is -0.584. The third-order valence-electron chi connectivity index (χ3n) is 6.87. The van der Waals surface area contributed by atoms with Crippen LogP contribution < -0.4 is 5.32 Å².